The minimum Gasteiger partial charge on any atom is -0.497 e. The van der Waals surface area contributed by atoms with Crippen LogP contribution in [0.5, 0.6) is 23.0 Å². The van der Waals surface area contributed by atoms with Crippen molar-refractivity contribution >= 4 is 44.9 Å². The maximum atomic E-state index is 5.65. The lowest BCUT2D eigenvalue weighted by molar-refractivity contribution is 0.414. The first-order valence-corrected chi connectivity index (χ1v) is 14.3. The molecule has 6 nitrogen and oxygen atoms in total. The van der Waals surface area contributed by atoms with E-state index in [0.717, 1.165) is 67.9 Å². The summed E-state index contributed by atoms with van der Waals surface area (Å²) in [5.41, 5.74) is 5.77. The molecule has 6 aromatic rings. The second-order valence-electron chi connectivity index (χ2n) is 10.2. The average Bonchev–Trinajstić information content (AvgIpc) is 3.09. The third-order valence-corrected chi connectivity index (χ3v) is 7.57. The van der Waals surface area contributed by atoms with E-state index in [1.807, 2.05) is 72.8 Å². The van der Waals surface area contributed by atoms with Crippen molar-refractivity contribution in [1.82, 2.24) is 0 Å². The number of nitrogens with zero attached hydrogens (tertiary/aromatic N) is 2. The fourth-order valence-corrected chi connectivity index (χ4v) is 5.46. The number of methoxy groups -OCH3 is 4. The molecule has 0 N–H and O–H groups in total. The molecule has 0 saturated heterocycles. The van der Waals surface area contributed by atoms with E-state index in [-0.39, 0.29) is 0 Å². The molecule has 0 aliphatic carbocycles. The molecule has 0 saturated carbocycles. The maximum Gasteiger partial charge on any atom is 0.120 e. The van der Waals surface area contributed by atoms with Gasteiger partial charge in [0.2, 0.25) is 0 Å². The molecule has 0 aliphatic rings. The Morgan fingerprint density at radius 2 is 0.773 bits per heavy atom. The number of ether oxygens (including phenoxy) is 4. The Labute approximate surface area is 258 Å². The van der Waals surface area contributed by atoms with Crippen LogP contribution in [0.1, 0.15) is 0 Å². The van der Waals surface area contributed by atoms with Crippen LogP contribution in [0.15, 0.2) is 133 Å². The highest BCUT2D eigenvalue weighted by molar-refractivity contribution is 6.02. The number of fused-ring (bicyclic) bond motifs is 1. The van der Waals surface area contributed by atoms with Gasteiger partial charge in [0.05, 0.1) is 34.1 Å². The second-order valence-corrected chi connectivity index (χ2v) is 10.2. The van der Waals surface area contributed by atoms with Crippen LogP contribution >= 0.6 is 0 Å². The van der Waals surface area contributed by atoms with Gasteiger partial charge in [-0.1, -0.05) is 48.5 Å². The monoisotopic (exact) mass is 582 g/mol. The van der Waals surface area contributed by atoms with Crippen molar-refractivity contribution < 1.29 is 18.9 Å². The summed E-state index contributed by atoms with van der Waals surface area (Å²) in [6.07, 6.45) is 0. The molecule has 0 atom stereocenters. The standard InChI is InChI=1S/C38H34N2O4/c1-41-33-16-7-12-28(22-33)39(29-13-8-17-34(23-29)42-2)32-21-27-11-5-6-20-37(27)38(26-32)40(30-14-9-18-35(24-30)43-3)31-15-10-19-36(25-31)44-4/h5-26H,1-4H3. The van der Waals surface area contributed by atoms with Crippen LogP contribution in [-0.2, 0) is 0 Å². The predicted molar refractivity (Wildman–Crippen MR) is 180 cm³/mol. The Kier molecular flexibility index (Phi) is 8.23. The van der Waals surface area contributed by atoms with E-state index < -0.39 is 0 Å². The number of hydrogen-bond donors (Lipinski definition) is 0. The van der Waals surface area contributed by atoms with Gasteiger partial charge in [-0.3, -0.25) is 0 Å². The Bertz CT molecular complexity index is 1810. The lowest BCUT2D eigenvalue weighted by Gasteiger charge is -2.31. The first-order chi connectivity index (χ1) is 21.6. The highest BCUT2D eigenvalue weighted by Crippen LogP contribution is 2.46. The van der Waals surface area contributed by atoms with Crippen molar-refractivity contribution in [2.45, 2.75) is 0 Å². The zero-order valence-electron chi connectivity index (χ0n) is 25.2. The molecule has 6 rings (SSSR count). The lowest BCUT2D eigenvalue weighted by atomic mass is 10.0. The molecule has 0 aromatic heterocycles. The van der Waals surface area contributed by atoms with E-state index in [0.29, 0.717) is 0 Å². The van der Waals surface area contributed by atoms with Crippen LogP contribution in [0, 0.1) is 0 Å². The fourth-order valence-electron chi connectivity index (χ4n) is 5.46. The molecule has 0 radical (unpaired) electrons. The minimum atomic E-state index is 0.769. The van der Waals surface area contributed by atoms with Gasteiger partial charge in [-0.2, -0.15) is 0 Å². The molecule has 0 fully saturated rings. The van der Waals surface area contributed by atoms with Crippen LogP contribution in [0.4, 0.5) is 34.1 Å². The first kappa shape index (κ1) is 28.5. The number of hydrogen-bond acceptors (Lipinski definition) is 6. The summed E-state index contributed by atoms with van der Waals surface area (Å²) in [6, 6.07) is 45.2. The van der Waals surface area contributed by atoms with Gasteiger partial charge in [0, 0.05) is 58.1 Å². The summed E-state index contributed by atoms with van der Waals surface area (Å²) in [6.45, 7) is 0. The molecular formula is C38H34N2O4. The van der Waals surface area contributed by atoms with Crippen LogP contribution < -0.4 is 28.7 Å². The van der Waals surface area contributed by atoms with Gasteiger partial charge in [0.1, 0.15) is 23.0 Å². The fraction of sp³-hybridized carbons (Fsp3) is 0.105. The van der Waals surface area contributed by atoms with E-state index >= 15 is 0 Å². The third kappa shape index (κ3) is 5.70. The summed E-state index contributed by atoms with van der Waals surface area (Å²) in [7, 11) is 6.74. The summed E-state index contributed by atoms with van der Waals surface area (Å²) in [5.74, 6) is 3.08. The topological polar surface area (TPSA) is 43.4 Å². The van der Waals surface area contributed by atoms with Crippen LogP contribution in [-0.4, -0.2) is 28.4 Å². The van der Waals surface area contributed by atoms with Crippen molar-refractivity contribution in [3.05, 3.63) is 133 Å². The number of rotatable bonds is 10. The zero-order valence-corrected chi connectivity index (χ0v) is 25.2. The molecule has 6 heteroatoms. The normalized spacial score (nSPS) is 10.7. The largest absolute Gasteiger partial charge is 0.497 e. The van der Waals surface area contributed by atoms with Gasteiger partial charge in [0.25, 0.3) is 0 Å². The van der Waals surface area contributed by atoms with Gasteiger partial charge in [-0.25, -0.2) is 0 Å². The van der Waals surface area contributed by atoms with Gasteiger partial charge in [-0.15, -0.1) is 0 Å². The molecule has 0 heterocycles. The smallest absolute Gasteiger partial charge is 0.120 e. The number of anilines is 6. The summed E-state index contributed by atoms with van der Waals surface area (Å²) < 4.78 is 22.6. The number of benzene rings is 6. The Morgan fingerprint density at radius 3 is 1.20 bits per heavy atom. The Hall–Kier alpha value is -5.62. The van der Waals surface area contributed by atoms with E-state index in [1.165, 1.54) is 0 Å². The molecule has 0 spiro atoms. The lowest BCUT2D eigenvalue weighted by Crippen LogP contribution is -2.14. The van der Waals surface area contributed by atoms with E-state index in [2.05, 4.69) is 70.5 Å². The third-order valence-electron chi connectivity index (χ3n) is 7.57. The highest BCUT2D eigenvalue weighted by Gasteiger charge is 2.21. The zero-order chi connectivity index (χ0) is 30.5. The molecule has 44 heavy (non-hydrogen) atoms. The van der Waals surface area contributed by atoms with Gasteiger partial charge in [-0.05, 0) is 66.0 Å². The minimum absolute atomic E-state index is 0.769. The summed E-state index contributed by atoms with van der Waals surface area (Å²) >= 11 is 0. The molecule has 0 bridgehead atoms. The van der Waals surface area contributed by atoms with Crippen LogP contribution in [0.2, 0.25) is 0 Å². The van der Waals surface area contributed by atoms with Crippen LogP contribution in [0.3, 0.4) is 0 Å². The van der Waals surface area contributed by atoms with Crippen molar-refractivity contribution in [2.24, 2.45) is 0 Å². The van der Waals surface area contributed by atoms with Crippen molar-refractivity contribution in [1.29, 1.82) is 0 Å². The summed E-state index contributed by atoms with van der Waals surface area (Å²) in [5, 5.41) is 2.18. The Balaban J connectivity index is 1.65. The van der Waals surface area contributed by atoms with Gasteiger partial charge >= 0.3 is 0 Å². The Morgan fingerprint density at radius 1 is 0.364 bits per heavy atom. The highest BCUT2D eigenvalue weighted by atomic mass is 16.5. The molecule has 6 aromatic carbocycles. The van der Waals surface area contributed by atoms with E-state index in [1.54, 1.807) is 28.4 Å². The average molecular weight is 583 g/mol. The van der Waals surface area contributed by atoms with Crippen molar-refractivity contribution in [2.75, 3.05) is 38.2 Å². The predicted octanol–water partition coefficient (Wildman–Crippen LogP) is 9.81. The van der Waals surface area contributed by atoms with Gasteiger partial charge < -0.3 is 28.7 Å². The molecule has 220 valence electrons. The quantitative estimate of drug-likeness (QED) is 0.160. The van der Waals surface area contributed by atoms with E-state index in [9.17, 15) is 0 Å². The van der Waals surface area contributed by atoms with Crippen LogP contribution in [0.25, 0.3) is 10.8 Å². The maximum absolute atomic E-state index is 5.65. The van der Waals surface area contributed by atoms with Crippen molar-refractivity contribution in [3.63, 3.8) is 0 Å². The van der Waals surface area contributed by atoms with E-state index in [4.69, 9.17) is 18.9 Å². The molecule has 0 aliphatic heterocycles. The first-order valence-electron chi connectivity index (χ1n) is 14.3. The molecule has 0 amide bonds. The SMILES string of the molecule is COc1cccc(N(c2cccc(OC)c2)c2cc(N(c3cccc(OC)c3)c3cccc(OC)c3)c3ccccc3c2)c1. The molecule has 0 unspecified atom stereocenters. The van der Waals surface area contributed by atoms with Crippen molar-refractivity contribution in [3.8, 4) is 23.0 Å². The second kappa shape index (κ2) is 12.7. The van der Waals surface area contributed by atoms with Gasteiger partial charge in [0.15, 0.2) is 0 Å². The molecular weight excluding hydrogens is 548 g/mol. The summed E-state index contributed by atoms with van der Waals surface area (Å²) in [4.78, 5) is 4.46.